The summed E-state index contributed by atoms with van der Waals surface area (Å²) in [6.45, 7) is 9.21. The Kier molecular flexibility index (Phi) is 5.74. The molecular formula is C26H31FN6. The maximum Gasteiger partial charge on any atom is 0.150 e. The van der Waals surface area contributed by atoms with Crippen molar-refractivity contribution in [3.63, 3.8) is 0 Å². The summed E-state index contributed by atoms with van der Waals surface area (Å²) in [5.74, 6) is 0.515. The highest BCUT2D eigenvalue weighted by Crippen LogP contribution is 2.39. The first-order valence-electron chi connectivity index (χ1n) is 11.7. The highest BCUT2D eigenvalue weighted by molar-refractivity contribution is 5.92. The van der Waals surface area contributed by atoms with E-state index in [9.17, 15) is 4.39 Å². The van der Waals surface area contributed by atoms with Crippen LogP contribution in [0.15, 0.2) is 36.7 Å². The van der Waals surface area contributed by atoms with Crippen molar-refractivity contribution in [1.29, 1.82) is 0 Å². The number of pyridine rings is 1. The molecule has 1 saturated heterocycles. The molecule has 1 aliphatic rings. The van der Waals surface area contributed by atoms with Gasteiger partial charge in [0, 0.05) is 41.9 Å². The van der Waals surface area contributed by atoms with Gasteiger partial charge in [0.15, 0.2) is 5.82 Å². The molecule has 0 unspecified atom stereocenters. The Balaban J connectivity index is 1.41. The first-order chi connectivity index (χ1) is 15.9. The van der Waals surface area contributed by atoms with Crippen LogP contribution in [-0.2, 0) is 13.6 Å². The van der Waals surface area contributed by atoms with E-state index in [0.29, 0.717) is 11.5 Å². The van der Waals surface area contributed by atoms with Gasteiger partial charge in [-0.25, -0.2) is 4.39 Å². The molecule has 0 saturated carbocycles. The second-order valence-electron chi connectivity index (χ2n) is 9.61. The third kappa shape index (κ3) is 4.29. The second kappa shape index (κ2) is 8.71. The second-order valence-corrected chi connectivity index (χ2v) is 9.61. The Morgan fingerprint density at radius 3 is 2.67 bits per heavy atom. The molecule has 4 heterocycles. The monoisotopic (exact) mass is 446 g/mol. The van der Waals surface area contributed by atoms with Crippen LogP contribution in [0.2, 0.25) is 0 Å². The molecule has 3 aromatic heterocycles. The van der Waals surface area contributed by atoms with Gasteiger partial charge in [0.1, 0.15) is 0 Å². The van der Waals surface area contributed by atoms with Crippen LogP contribution in [0.25, 0.3) is 22.2 Å². The van der Waals surface area contributed by atoms with Crippen LogP contribution in [0, 0.1) is 12.7 Å². The van der Waals surface area contributed by atoms with E-state index in [1.165, 1.54) is 22.7 Å². The topological polar surface area (TPSA) is 62.6 Å². The fourth-order valence-electron chi connectivity index (χ4n) is 5.15. The summed E-state index contributed by atoms with van der Waals surface area (Å²) in [5.41, 5.74) is 6.93. The molecule has 33 heavy (non-hydrogen) atoms. The molecule has 1 aliphatic heterocycles. The first-order valence-corrected chi connectivity index (χ1v) is 11.7. The van der Waals surface area contributed by atoms with Gasteiger partial charge in [-0.2, -0.15) is 0 Å². The Bertz CT molecular complexity index is 1280. The SMILES string of the molecule is Cc1cc(-c2[nH]c3ccc(C4CCN(Cc5cn(C)nn5)CC4)cc3c2C(C)C)c(F)cn1. The highest BCUT2D eigenvalue weighted by Gasteiger charge is 2.24. The third-order valence-corrected chi connectivity index (χ3v) is 6.80. The molecule has 0 spiro atoms. The first kappa shape index (κ1) is 21.8. The Morgan fingerprint density at radius 1 is 1.18 bits per heavy atom. The normalized spacial score (nSPS) is 15.7. The number of nitrogens with one attached hydrogen (secondary N) is 1. The zero-order chi connectivity index (χ0) is 23.1. The van der Waals surface area contributed by atoms with Gasteiger partial charge in [0.2, 0.25) is 0 Å². The van der Waals surface area contributed by atoms with Crippen molar-refractivity contribution in [2.75, 3.05) is 13.1 Å². The molecule has 0 amide bonds. The van der Waals surface area contributed by atoms with Gasteiger partial charge in [0.25, 0.3) is 0 Å². The van der Waals surface area contributed by atoms with Crippen LogP contribution in [0.4, 0.5) is 4.39 Å². The van der Waals surface area contributed by atoms with Gasteiger partial charge in [-0.3, -0.25) is 14.6 Å². The third-order valence-electron chi connectivity index (χ3n) is 6.80. The van der Waals surface area contributed by atoms with Crippen molar-refractivity contribution >= 4 is 10.9 Å². The van der Waals surface area contributed by atoms with Gasteiger partial charge in [0.05, 0.1) is 17.6 Å². The molecule has 0 aliphatic carbocycles. The Labute approximate surface area is 193 Å². The molecule has 0 radical (unpaired) electrons. The van der Waals surface area contributed by atoms with Crippen LogP contribution in [-0.4, -0.2) is 43.0 Å². The average molecular weight is 447 g/mol. The number of hydrogen-bond donors (Lipinski definition) is 1. The van der Waals surface area contributed by atoms with Crippen LogP contribution in [0.3, 0.4) is 0 Å². The molecular weight excluding hydrogens is 415 g/mol. The summed E-state index contributed by atoms with van der Waals surface area (Å²) in [7, 11) is 1.90. The molecule has 1 N–H and O–H groups in total. The van der Waals surface area contributed by atoms with Crippen molar-refractivity contribution < 1.29 is 4.39 Å². The number of likely N-dealkylation sites (tertiary alicyclic amines) is 1. The molecule has 5 rings (SSSR count). The molecule has 1 aromatic carbocycles. The lowest BCUT2D eigenvalue weighted by Gasteiger charge is -2.31. The minimum atomic E-state index is -0.287. The van der Waals surface area contributed by atoms with Crippen LogP contribution >= 0.6 is 0 Å². The number of aromatic amines is 1. The summed E-state index contributed by atoms with van der Waals surface area (Å²) >= 11 is 0. The summed E-state index contributed by atoms with van der Waals surface area (Å²) in [4.78, 5) is 10.1. The number of fused-ring (bicyclic) bond motifs is 1. The average Bonchev–Trinajstić information content (AvgIpc) is 3.38. The van der Waals surface area contributed by atoms with E-state index >= 15 is 0 Å². The van der Waals surface area contributed by atoms with E-state index < -0.39 is 0 Å². The lowest BCUT2D eigenvalue weighted by Crippen LogP contribution is -2.32. The predicted molar refractivity (Wildman–Crippen MR) is 129 cm³/mol. The molecule has 0 atom stereocenters. The maximum absolute atomic E-state index is 14.7. The highest BCUT2D eigenvalue weighted by atomic mass is 19.1. The predicted octanol–water partition coefficient (Wildman–Crippen LogP) is 5.31. The van der Waals surface area contributed by atoms with E-state index in [-0.39, 0.29) is 11.7 Å². The number of H-pyrrole nitrogens is 1. The Morgan fingerprint density at radius 2 is 1.97 bits per heavy atom. The summed E-state index contributed by atoms with van der Waals surface area (Å²) in [6.07, 6.45) is 5.56. The summed E-state index contributed by atoms with van der Waals surface area (Å²) in [6, 6.07) is 8.57. The van der Waals surface area contributed by atoms with Crippen molar-refractivity contribution in [2.24, 2.45) is 7.05 Å². The van der Waals surface area contributed by atoms with Crippen molar-refractivity contribution in [2.45, 2.75) is 52.0 Å². The van der Waals surface area contributed by atoms with Gasteiger partial charge in [-0.15, -0.1) is 5.10 Å². The molecule has 7 heteroatoms. The minimum absolute atomic E-state index is 0.269. The number of rotatable bonds is 5. The maximum atomic E-state index is 14.7. The number of nitrogens with zero attached hydrogens (tertiary/aromatic N) is 5. The van der Waals surface area contributed by atoms with Crippen molar-refractivity contribution in [1.82, 2.24) is 29.9 Å². The lowest BCUT2D eigenvalue weighted by atomic mass is 9.87. The smallest absolute Gasteiger partial charge is 0.150 e. The molecule has 6 nitrogen and oxygen atoms in total. The van der Waals surface area contributed by atoms with Gasteiger partial charge >= 0.3 is 0 Å². The van der Waals surface area contributed by atoms with Crippen molar-refractivity contribution in [3.8, 4) is 11.3 Å². The fourth-order valence-corrected chi connectivity index (χ4v) is 5.15. The number of benzene rings is 1. The number of halogens is 1. The van der Waals surface area contributed by atoms with Crippen molar-refractivity contribution in [3.05, 3.63) is 65.0 Å². The number of aryl methyl sites for hydroxylation is 2. The van der Waals surface area contributed by atoms with Gasteiger partial charge in [-0.1, -0.05) is 25.1 Å². The quantitative estimate of drug-likeness (QED) is 0.451. The standard InChI is InChI=1S/C26H31FN6/c1-16(2)25-22-12-19(18-7-9-33(10-8-18)15-20-14-32(4)31-30-20)5-6-24(22)29-26(25)21-11-17(3)28-13-23(21)27/h5-6,11-14,16,18,29H,7-10,15H2,1-4H3. The number of piperidine rings is 1. The fraction of sp³-hybridized carbons (Fsp3) is 0.423. The number of hydrogen-bond acceptors (Lipinski definition) is 4. The van der Waals surface area contributed by atoms with E-state index in [2.05, 4.69) is 57.2 Å². The van der Waals surface area contributed by atoms with E-state index in [1.807, 2.05) is 26.2 Å². The van der Waals surface area contributed by atoms with Gasteiger partial charge in [-0.05, 0) is 74.0 Å². The summed E-state index contributed by atoms with van der Waals surface area (Å²) in [5, 5.41) is 9.47. The Hall–Kier alpha value is -3.06. The van der Waals surface area contributed by atoms with Crippen LogP contribution in [0.1, 0.15) is 61.0 Å². The molecule has 4 aromatic rings. The van der Waals surface area contributed by atoms with Crippen LogP contribution < -0.4 is 0 Å². The lowest BCUT2D eigenvalue weighted by molar-refractivity contribution is 0.202. The zero-order valence-electron chi connectivity index (χ0n) is 19.8. The largest absolute Gasteiger partial charge is 0.354 e. The van der Waals surface area contributed by atoms with E-state index in [0.717, 1.165) is 55.1 Å². The molecule has 1 fully saturated rings. The number of aromatic nitrogens is 5. The zero-order valence-corrected chi connectivity index (χ0v) is 19.8. The minimum Gasteiger partial charge on any atom is -0.354 e. The molecule has 0 bridgehead atoms. The van der Waals surface area contributed by atoms with E-state index in [4.69, 9.17) is 0 Å². The van der Waals surface area contributed by atoms with Gasteiger partial charge < -0.3 is 4.98 Å². The van der Waals surface area contributed by atoms with E-state index in [1.54, 1.807) is 4.68 Å². The molecule has 172 valence electrons. The summed E-state index contributed by atoms with van der Waals surface area (Å²) < 4.78 is 16.5. The van der Waals surface area contributed by atoms with Crippen LogP contribution in [0.5, 0.6) is 0 Å².